The highest BCUT2D eigenvalue weighted by atomic mass is 31.3. The van der Waals surface area contributed by atoms with Crippen molar-refractivity contribution < 1.29 is 65.4 Å². The summed E-state index contributed by atoms with van der Waals surface area (Å²) in [7, 11) is -16.2. The van der Waals surface area contributed by atoms with Crippen LogP contribution < -0.4 is 11.3 Å². The zero-order valence-corrected chi connectivity index (χ0v) is 19.4. The van der Waals surface area contributed by atoms with Gasteiger partial charge in [-0.3, -0.25) is 19.3 Å². The minimum atomic E-state index is -5.82. The largest absolute Gasteiger partial charge is 0.490 e. The Hall–Kier alpha value is -1.43. The van der Waals surface area contributed by atoms with Gasteiger partial charge in [0.2, 0.25) is 11.7 Å². The molecule has 0 amide bonds. The van der Waals surface area contributed by atoms with Crippen LogP contribution >= 0.6 is 23.5 Å². The number of hydrogen-bond donors (Lipinski definition) is 7. The van der Waals surface area contributed by atoms with Crippen molar-refractivity contribution in [2.45, 2.75) is 30.1 Å². The van der Waals surface area contributed by atoms with Crippen molar-refractivity contribution in [3.8, 4) is 0 Å². The number of phosphoric acid groups is 3. The molecule has 1 fully saturated rings. The molecule has 192 valence electrons. The van der Waals surface area contributed by atoms with Gasteiger partial charge in [0.15, 0.2) is 11.9 Å². The van der Waals surface area contributed by atoms with Crippen LogP contribution in [0.4, 0.5) is 16.0 Å². The summed E-state index contributed by atoms with van der Waals surface area (Å²) >= 11 is 0. The first kappa shape index (κ1) is 27.2. The lowest BCUT2D eigenvalue weighted by Crippen LogP contribution is -2.47. The van der Waals surface area contributed by atoms with Crippen LogP contribution in [0.3, 0.4) is 0 Å². The molecular weight excluding hydrogens is 536 g/mol. The first-order valence-electron chi connectivity index (χ1n) is 8.76. The van der Waals surface area contributed by atoms with Gasteiger partial charge in [-0.1, -0.05) is 0 Å². The minimum Gasteiger partial charge on any atom is -0.384 e. The number of nitrogen functional groups attached to an aromatic ring is 1. The number of ether oxygens (including phenoxy) is 2. The van der Waals surface area contributed by atoms with Gasteiger partial charge >= 0.3 is 23.5 Å². The third-order valence-electron chi connectivity index (χ3n) is 4.57. The first-order chi connectivity index (χ1) is 15.5. The molecule has 0 aliphatic carbocycles. The number of methoxy groups -OCH3 is 1. The number of nitrogens with one attached hydrogen (secondary N) is 1. The van der Waals surface area contributed by atoms with Gasteiger partial charge in [-0.15, -0.1) is 0 Å². The molecule has 0 aromatic carbocycles. The number of aliphatic imine (C=N–C) groups is 1. The highest BCUT2D eigenvalue weighted by molar-refractivity contribution is 7.66. The second-order valence-electron chi connectivity index (χ2n) is 6.84. The molecule has 0 bridgehead atoms. The molecule has 0 radical (unpaired) electrons. The summed E-state index contributed by atoms with van der Waals surface area (Å²) < 4.78 is 71.0. The Bertz CT molecular complexity index is 1190. The summed E-state index contributed by atoms with van der Waals surface area (Å²) in [5.74, 6) is -3.97. The lowest BCUT2D eigenvalue weighted by atomic mass is 9.95. The second kappa shape index (κ2) is 9.22. The predicted octanol–water partition coefficient (Wildman–Crippen LogP) is -1.06. The van der Waals surface area contributed by atoms with Crippen LogP contribution in [0.25, 0.3) is 0 Å². The standard InChI is InChI=1S/C12H18FN4O14P3/c1-27-12(3-28-33(23,24)31-34(25,26)30-32(20,21)22)9(18)5(13)8(29-12)4-2-15-7-6(4)16-11(14)17-10(7)19/h2,4-5,8-9,18H,3H2,1H3,(H,23,24)(H,25,26)(H2,20,21,22)(H3,14,16,17,19)/t4?,5-,8-,9-,12+/m0/s1. The molecule has 8 N–H and O–H groups in total. The van der Waals surface area contributed by atoms with Gasteiger partial charge in [0.05, 0.1) is 11.6 Å². The van der Waals surface area contributed by atoms with E-state index in [1.54, 1.807) is 0 Å². The molecule has 0 spiro atoms. The van der Waals surface area contributed by atoms with Crippen LogP contribution in [0.15, 0.2) is 9.79 Å². The number of phosphoric ester groups is 1. The fraction of sp³-hybridized carbons (Fsp3) is 0.583. The van der Waals surface area contributed by atoms with E-state index in [9.17, 15) is 33.4 Å². The molecule has 22 heteroatoms. The number of nitrogens with zero attached hydrogens (tertiary/aromatic N) is 2. The fourth-order valence-electron chi connectivity index (χ4n) is 3.21. The van der Waals surface area contributed by atoms with Crippen molar-refractivity contribution in [3.05, 3.63) is 16.0 Å². The van der Waals surface area contributed by atoms with Crippen molar-refractivity contribution in [3.63, 3.8) is 0 Å². The van der Waals surface area contributed by atoms with Crippen molar-refractivity contribution in [1.29, 1.82) is 0 Å². The Morgan fingerprint density at radius 1 is 1.24 bits per heavy atom. The zero-order chi connectivity index (χ0) is 25.7. The van der Waals surface area contributed by atoms with E-state index in [1.165, 1.54) is 0 Å². The Morgan fingerprint density at radius 3 is 2.47 bits per heavy atom. The predicted molar refractivity (Wildman–Crippen MR) is 105 cm³/mol. The quantitative estimate of drug-likeness (QED) is 0.179. The molecule has 2 aliphatic heterocycles. The zero-order valence-electron chi connectivity index (χ0n) is 16.7. The van der Waals surface area contributed by atoms with Gasteiger partial charge < -0.3 is 39.9 Å². The topological polar surface area (TPSA) is 283 Å². The number of H-pyrrole nitrogens is 1. The molecular formula is C12H18FN4O14P3. The van der Waals surface area contributed by atoms with Crippen LogP contribution in [0.2, 0.25) is 0 Å². The summed E-state index contributed by atoms with van der Waals surface area (Å²) in [6.45, 7) is -1.30. The van der Waals surface area contributed by atoms with Gasteiger partial charge in [0.1, 0.15) is 18.8 Å². The lowest BCUT2D eigenvalue weighted by molar-refractivity contribution is -0.259. The third kappa shape index (κ3) is 5.68. The van der Waals surface area contributed by atoms with Crippen LogP contribution in [-0.2, 0) is 36.3 Å². The lowest BCUT2D eigenvalue weighted by Gasteiger charge is -2.30. The van der Waals surface area contributed by atoms with Gasteiger partial charge in [-0.05, 0) is 0 Å². The Morgan fingerprint density at radius 2 is 1.88 bits per heavy atom. The van der Waals surface area contributed by atoms with Crippen LogP contribution in [0.5, 0.6) is 0 Å². The number of nitrogens with two attached hydrogens (primary N) is 1. The average Bonchev–Trinajstić information content (AvgIpc) is 3.18. The van der Waals surface area contributed by atoms with Gasteiger partial charge in [0.25, 0.3) is 5.56 Å². The molecule has 0 saturated carbocycles. The smallest absolute Gasteiger partial charge is 0.384 e. The van der Waals surface area contributed by atoms with Crippen LogP contribution in [0.1, 0.15) is 11.6 Å². The maximum atomic E-state index is 15.0. The Balaban J connectivity index is 1.79. The van der Waals surface area contributed by atoms with Crippen molar-refractivity contribution in [1.82, 2.24) is 9.97 Å². The number of aliphatic hydroxyl groups is 1. The second-order valence-corrected chi connectivity index (χ2v) is 11.3. The fourth-order valence-corrected chi connectivity index (χ4v) is 6.24. The molecule has 34 heavy (non-hydrogen) atoms. The SMILES string of the molecule is CO[C@]1(COP(=O)(O)OP(=O)(O)OP(=O)(O)O)O[C@@H](C2C=Nc3c2nc(N)[nH]c3=O)[C@H](F)[C@@H]1O. The van der Waals surface area contributed by atoms with E-state index in [2.05, 4.69) is 28.1 Å². The minimum absolute atomic E-state index is 0.0825. The van der Waals surface area contributed by atoms with E-state index in [1.807, 2.05) is 0 Å². The number of rotatable bonds is 9. The van der Waals surface area contributed by atoms with Crippen molar-refractivity contribution >= 4 is 41.3 Å². The molecule has 2 aliphatic rings. The van der Waals surface area contributed by atoms with E-state index in [4.69, 9.17) is 25.0 Å². The van der Waals surface area contributed by atoms with E-state index in [-0.39, 0.29) is 17.3 Å². The number of fused-ring (bicyclic) bond motifs is 1. The van der Waals surface area contributed by atoms with Crippen LogP contribution in [0, 0.1) is 0 Å². The molecule has 3 unspecified atom stereocenters. The molecule has 7 atom stereocenters. The van der Waals surface area contributed by atoms with Gasteiger partial charge in [-0.25, -0.2) is 23.1 Å². The molecule has 3 heterocycles. The van der Waals surface area contributed by atoms with Gasteiger partial charge in [-0.2, -0.15) is 8.62 Å². The summed E-state index contributed by atoms with van der Waals surface area (Å²) in [5.41, 5.74) is 4.50. The molecule has 18 nitrogen and oxygen atoms in total. The summed E-state index contributed by atoms with van der Waals surface area (Å²) in [5, 5.41) is 10.4. The number of aliphatic hydroxyl groups excluding tert-OH is 1. The highest BCUT2D eigenvalue weighted by Gasteiger charge is 2.60. The van der Waals surface area contributed by atoms with Crippen LogP contribution in [-0.4, -0.2) is 78.7 Å². The number of anilines is 1. The molecule has 1 aromatic rings. The number of halogens is 1. The maximum Gasteiger partial charge on any atom is 0.490 e. The number of aromatic amines is 1. The molecule has 1 aromatic heterocycles. The Labute approximate surface area is 188 Å². The molecule has 1 saturated heterocycles. The number of hydrogen-bond acceptors (Lipinski definition) is 13. The summed E-state index contributed by atoms with van der Waals surface area (Å²) in [4.78, 5) is 57.7. The highest BCUT2D eigenvalue weighted by Crippen LogP contribution is 2.66. The van der Waals surface area contributed by atoms with E-state index >= 15 is 4.39 Å². The van der Waals surface area contributed by atoms with E-state index in [0.29, 0.717) is 0 Å². The van der Waals surface area contributed by atoms with Crippen molar-refractivity contribution in [2.75, 3.05) is 19.5 Å². The normalized spacial score (nSPS) is 32.3. The number of alkyl halides is 1. The average molecular weight is 554 g/mol. The maximum absolute atomic E-state index is 15.0. The molecule has 3 rings (SSSR count). The Kier molecular flexibility index (Phi) is 7.37. The summed E-state index contributed by atoms with van der Waals surface area (Å²) in [6.07, 6.45) is -4.98. The monoisotopic (exact) mass is 554 g/mol. The van der Waals surface area contributed by atoms with E-state index in [0.717, 1.165) is 13.3 Å². The number of aromatic nitrogens is 2. The van der Waals surface area contributed by atoms with Crippen molar-refractivity contribution in [2.24, 2.45) is 4.99 Å². The first-order valence-corrected chi connectivity index (χ1v) is 13.3. The summed E-state index contributed by atoms with van der Waals surface area (Å²) in [6, 6.07) is 0. The third-order valence-corrected chi connectivity index (χ3v) is 8.35. The van der Waals surface area contributed by atoms with Gasteiger partial charge in [0, 0.05) is 13.3 Å². The van der Waals surface area contributed by atoms with E-state index < -0.39 is 65.7 Å².